The number of hydrogen-bond acceptors (Lipinski definition) is 3. The molecule has 0 atom stereocenters. The van der Waals surface area contributed by atoms with Gasteiger partial charge in [-0.05, 0) is 42.5 Å². The highest BCUT2D eigenvalue weighted by Gasteiger charge is 2.08. The van der Waals surface area contributed by atoms with Crippen molar-refractivity contribution >= 4 is 29.2 Å². The molecule has 0 aliphatic heterocycles. The fraction of sp³-hybridized carbons (Fsp3) is 0. The van der Waals surface area contributed by atoms with Crippen LogP contribution >= 0.6 is 11.6 Å². The van der Waals surface area contributed by atoms with Crippen molar-refractivity contribution in [1.29, 1.82) is 0 Å². The van der Waals surface area contributed by atoms with E-state index in [1.54, 1.807) is 48.5 Å². The zero-order chi connectivity index (χ0) is 14.5. The predicted octanol–water partition coefficient (Wildman–Crippen LogP) is 2.46. The number of aliphatic imine (C=N–C) groups is 1. The lowest BCUT2D eigenvalue weighted by Gasteiger charge is -2.04. The van der Waals surface area contributed by atoms with Gasteiger partial charge in [-0.1, -0.05) is 17.7 Å². The Balaban J connectivity index is 2.11. The summed E-state index contributed by atoms with van der Waals surface area (Å²) in [6, 6.07) is 13.0. The summed E-state index contributed by atoms with van der Waals surface area (Å²) in [7, 11) is 0. The van der Waals surface area contributed by atoms with Crippen LogP contribution in [0.25, 0.3) is 0 Å². The minimum Gasteiger partial charge on any atom is -0.423 e. The van der Waals surface area contributed by atoms with Crippen LogP contribution in [0.15, 0.2) is 53.5 Å². The quantitative estimate of drug-likeness (QED) is 0.393. The maximum atomic E-state index is 11.9. The van der Waals surface area contributed by atoms with E-state index in [4.69, 9.17) is 27.8 Å². The van der Waals surface area contributed by atoms with Crippen molar-refractivity contribution in [1.82, 2.24) is 0 Å². The van der Waals surface area contributed by atoms with E-state index in [0.717, 1.165) is 0 Å². The highest BCUT2D eigenvalue weighted by molar-refractivity contribution is 6.30. The number of halogens is 1. The van der Waals surface area contributed by atoms with Crippen LogP contribution in [0.5, 0.6) is 5.75 Å². The minimum atomic E-state index is -0.483. The molecule has 0 aliphatic rings. The molecule has 2 aromatic carbocycles. The molecule has 102 valence electrons. The van der Waals surface area contributed by atoms with Crippen LogP contribution in [0.1, 0.15) is 10.4 Å². The minimum absolute atomic E-state index is 0.0424. The largest absolute Gasteiger partial charge is 0.423 e. The highest BCUT2D eigenvalue weighted by atomic mass is 35.5. The van der Waals surface area contributed by atoms with E-state index in [0.29, 0.717) is 22.0 Å². The van der Waals surface area contributed by atoms with Crippen molar-refractivity contribution in [3.8, 4) is 5.75 Å². The summed E-state index contributed by atoms with van der Waals surface area (Å²) >= 11 is 5.81. The molecule has 0 heterocycles. The van der Waals surface area contributed by atoms with Gasteiger partial charge in [0.05, 0.1) is 11.3 Å². The van der Waals surface area contributed by atoms with E-state index >= 15 is 0 Å². The van der Waals surface area contributed by atoms with Gasteiger partial charge in [0.1, 0.15) is 5.75 Å². The van der Waals surface area contributed by atoms with Crippen LogP contribution in [0.2, 0.25) is 5.02 Å². The smallest absolute Gasteiger partial charge is 0.343 e. The molecule has 6 heteroatoms. The van der Waals surface area contributed by atoms with Crippen molar-refractivity contribution < 1.29 is 9.53 Å². The Labute approximate surface area is 120 Å². The van der Waals surface area contributed by atoms with Gasteiger partial charge in [-0.2, -0.15) is 0 Å². The Morgan fingerprint density at radius 1 is 1.10 bits per heavy atom. The molecule has 0 saturated carbocycles. The number of carbonyl (C=O) groups is 1. The van der Waals surface area contributed by atoms with Gasteiger partial charge in [-0.25, -0.2) is 9.79 Å². The molecule has 20 heavy (non-hydrogen) atoms. The lowest BCUT2D eigenvalue weighted by atomic mass is 10.2. The molecular formula is C14H12ClN3O2. The number of rotatable bonds is 3. The third kappa shape index (κ3) is 3.73. The summed E-state index contributed by atoms with van der Waals surface area (Å²) in [5.41, 5.74) is 11.5. The lowest BCUT2D eigenvalue weighted by Crippen LogP contribution is -2.21. The Hall–Kier alpha value is -2.53. The van der Waals surface area contributed by atoms with E-state index in [1.165, 1.54) is 0 Å². The van der Waals surface area contributed by atoms with E-state index in [-0.39, 0.29) is 5.96 Å². The molecule has 0 unspecified atom stereocenters. The Morgan fingerprint density at radius 3 is 2.40 bits per heavy atom. The first-order chi connectivity index (χ1) is 9.54. The van der Waals surface area contributed by atoms with Crippen LogP contribution in [0, 0.1) is 0 Å². The molecule has 0 aliphatic carbocycles. The van der Waals surface area contributed by atoms with Crippen molar-refractivity contribution in [2.45, 2.75) is 0 Å². The van der Waals surface area contributed by atoms with E-state index in [9.17, 15) is 4.79 Å². The standard InChI is InChI=1S/C14H12ClN3O2/c15-10-2-1-3-12(8-10)20-13(19)9-4-6-11(7-5-9)18-14(16)17/h1-8H,(H4,16,17,18). The van der Waals surface area contributed by atoms with Crippen LogP contribution < -0.4 is 16.2 Å². The number of ether oxygens (including phenoxy) is 1. The number of nitrogens with two attached hydrogens (primary N) is 2. The van der Waals surface area contributed by atoms with Gasteiger partial charge in [0.25, 0.3) is 0 Å². The predicted molar refractivity (Wildman–Crippen MR) is 78.3 cm³/mol. The van der Waals surface area contributed by atoms with Crippen LogP contribution in [0.3, 0.4) is 0 Å². The molecule has 0 aromatic heterocycles. The summed E-state index contributed by atoms with van der Waals surface area (Å²) in [4.78, 5) is 15.8. The maximum absolute atomic E-state index is 11.9. The maximum Gasteiger partial charge on any atom is 0.343 e. The van der Waals surface area contributed by atoms with E-state index < -0.39 is 5.97 Å². The SMILES string of the molecule is NC(N)=Nc1ccc(C(=O)Oc2cccc(Cl)c2)cc1. The summed E-state index contributed by atoms with van der Waals surface area (Å²) in [6.07, 6.45) is 0. The molecule has 2 rings (SSSR count). The second kappa shape index (κ2) is 6.08. The second-order valence-corrected chi connectivity index (χ2v) is 4.37. The summed E-state index contributed by atoms with van der Waals surface area (Å²) < 4.78 is 5.19. The van der Waals surface area contributed by atoms with E-state index in [1.807, 2.05) is 0 Å². The van der Waals surface area contributed by atoms with Gasteiger partial charge in [0, 0.05) is 5.02 Å². The van der Waals surface area contributed by atoms with Crippen molar-refractivity contribution in [2.75, 3.05) is 0 Å². The highest BCUT2D eigenvalue weighted by Crippen LogP contribution is 2.19. The zero-order valence-electron chi connectivity index (χ0n) is 10.4. The van der Waals surface area contributed by atoms with Gasteiger partial charge in [-0.15, -0.1) is 0 Å². The fourth-order valence-electron chi connectivity index (χ4n) is 1.52. The number of guanidine groups is 1. The third-order valence-electron chi connectivity index (χ3n) is 2.37. The van der Waals surface area contributed by atoms with Crippen LogP contribution in [-0.4, -0.2) is 11.9 Å². The number of carbonyl (C=O) groups excluding carboxylic acids is 1. The fourth-order valence-corrected chi connectivity index (χ4v) is 1.70. The molecule has 0 radical (unpaired) electrons. The molecular weight excluding hydrogens is 278 g/mol. The Bertz CT molecular complexity index is 650. The number of benzene rings is 2. The zero-order valence-corrected chi connectivity index (χ0v) is 11.2. The third-order valence-corrected chi connectivity index (χ3v) is 2.60. The van der Waals surface area contributed by atoms with Gasteiger partial charge in [-0.3, -0.25) is 0 Å². The summed E-state index contributed by atoms with van der Waals surface area (Å²) in [5, 5.41) is 0.499. The monoisotopic (exact) mass is 289 g/mol. The number of hydrogen-bond donors (Lipinski definition) is 2. The first-order valence-electron chi connectivity index (χ1n) is 5.72. The first-order valence-corrected chi connectivity index (χ1v) is 6.10. The average molecular weight is 290 g/mol. The second-order valence-electron chi connectivity index (χ2n) is 3.93. The molecule has 0 spiro atoms. The molecule has 0 fully saturated rings. The molecule has 4 N–H and O–H groups in total. The normalized spacial score (nSPS) is 9.85. The van der Waals surface area contributed by atoms with Gasteiger partial charge in [0.2, 0.25) is 0 Å². The van der Waals surface area contributed by atoms with E-state index in [2.05, 4.69) is 4.99 Å². The molecule has 5 nitrogen and oxygen atoms in total. The molecule has 0 amide bonds. The molecule has 2 aromatic rings. The number of esters is 1. The number of nitrogens with zero attached hydrogens (tertiary/aromatic N) is 1. The molecule has 0 bridgehead atoms. The van der Waals surface area contributed by atoms with Crippen LogP contribution in [-0.2, 0) is 0 Å². The van der Waals surface area contributed by atoms with Crippen LogP contribution in [0.4, 0.5) is 5.69 Å². The van der Waals surface area contributed by atoms with Gasteiger partial charge >= 0.3 is 5.97 Å². The lowest BCUT2D eigenvalue weighted by molar-refractivity contribution is 0.0735. The van der Waals surface area contributed by atoms with Crippen molar-refractivity contribution in [3.63, 3.8) is 0 Å². The van der Waals surface area contributed by atoms with Gasteiger partial charge in [0.15, 0.2) is 5.96 Å². The van der Waals surface area contributed by atoms with Gasteiger partial charge < -0.3 is 16.2 Å². The summed E-state index contributed by atoms with van der Waals surface area (Å²) in [6.45, 7) is 0. The van der Waals surface area contributed by atoms with Crippen molar-refractivity contribution in [3.05, 3.63) is 59.1 Å². The Morgan fingerprint density at radius 2 is 1.80 bits per heavy atom. The molecule has 0 saturated heterocycles. The summed E-state index contributed by atoms with van der Waals surface area (Å²) in [5.74, 6) is -0.140. The topological polar surface area (TPSA) is 90.7 Å². The Kier molecular flexibility index (Phi) is 4.22. The first kappa shape index (κ1) is 13.9. The van der Waals surface area contributed by atoms with Crippen molar-refractivity contribution in [2.24, 2.45) is 16.5 Å². The average Bonchev–Trinajstić information content (AvgIpc) is 2.38.